The number of ether oxygens (including phenoxy) is 3. The summed E-state index contributed by atoms with van der Waals surface area (Å²) in [5.74, 6) is 0.327. The zero-order valence-corrected chi connectivity index (χ0v) is 19.7. The van der Waals surface area contributed by atoms with Gasteiger partial charge in [0.25, 0.3) is 0 Å². The second-order valence-electron chi connectivity index (χ2n) is 8.01. The molecule has 8 nitrogen and oxygen atoms in total. The lowest BCUT2D eigenvalue weighted by Crippen LogP contribution is -2.26. The van der Waals surface area contributed by atoms with Gasteiger partial charge in [0, 0.05) is 24.9 Å². The molecular formula is C24H29F3N4O4. The first-order valence-electron chi connectivity index (χ1n) is 11.1. The zero-order chi connectivity index (χ0) is 25.4. The van der Waals surface area contributed by atoms with E-state index in [1.165, 1.54) is 23.9 Å². The molecule has 0 spiro atoms. The van der Waals surface area contributed by atoms with Crippen LogP contribution in [0, 0.1) is 0 Å². The first kappa shape index (κ1) is 26.5. The topological polar surface area (TPSA) is 90.7 Å². The second kappa shape index (κ2) is 12.0. The quantitative estimate of drug-likeness (QED) is 0.365. The molecule has 0 radical (unpaired) electrons. The van der Waals surface area contributed by atoms with Gasteiger partial charge in [-0.05, 0) is 50.2 Å². The van der Waals surface area contributed by atoms with E-state index in [-0.39, 0.29) is 25.3 Å². The minimum Gasteiger partial charge on any atom is -0.460 e. The highest BCUT2D eigenvalue weighted by atomic mass is 19.4. The van der Waals surface area contributed by atoms with Gasteiger partial charge in [0.05, 0.1) is 36.7 Å². The van der Waals surface area contributed by atoms with E-state index in [0.29, 0.717) is 30.2 Å². The van der Waals surface area contributed by atoms with Crippen molar-refractivity contribution in [3.05, 3.63) is 54.1 Å². The molecular weight excluding hydrogens is 465 g/mol. The highest BCUT2D eigenvalue weighted by Crippen LogP contribution is 2.31. The van der Waals surface area contributed by atoms with E-state index >= 15 is 0 Å². The van der Waals surface area contributed by atoms with E-state index in [2.05, 4.69) is 15.4 Å². The van der Waals surface area contributed by atoms with Crippen molar-refractivity contribution in [1.82, 2.24) is 14.8 Å². The molecule has 11 heteroatoms. The van der Waals surface area contributed by atoms with Gasteiger partial charge in [-0.1, -0.05) is 12.1 Å². The van der Waals surface area contributed by atoms with Crippen LogP contribution in [0.25, 0.3) is 17.1 Å². The Labute approximate surface area is 201 Å². The number of hydrogen-bond acceptors (Lipinski definition) is 7. The summed E-state index contributed by atoms with van der Waals surface area (Å²) in [6.07, 6.45) is -5.06. The average Bonchev–Trinajstić information content (AvgIpc) is 3.25. The van der Waals surface area contributed by atoms with Gasteiger partial charge in [0.15, 0.2) is 5.82 Å². The molecule has 0 unspecified atom stereocenters. The van der Waals surface area contributed by atoms with Crippen LogP contribution in [0.2, 0.25) is 0 Å². The molecule has 0 fully saturated rings. The lowest BCUT2D eigenvalue weighted by molar-refractivity contribution is -0.137. The number of nitrogens with one attached hydrogen (secondary N) is 1. The van der Waals surface area contributed by atoms with Crippen molar-refractivity contribution in [1.29, 1.82) is 0 Å². The Hall–Kier alpha value is -3.15. The predicted octanol–water partition coefficient (Wildman–Crippen LogP) is 4.18. The van der Waals surface area contributed by atoms with Crippen LogP contribution in [-0.4, -0.2) is 65.6 Å². The number of nitrogens with zero attached hydrogens (tertiary/aromatic N) is 3. The van der Waals surface area contributed by atoms with Crippen molar-refractivity contribution in [3.8, 4) is 23.1 Å². The summed E-state index contributed by atoms with van der Waals surface area (Å²) in [6.45, 7) is 4.89. The standard InChI is InChI=1S/C24H29F3N4O4/c1-16(2)35-15-21(32)14-28-19-8-10-20(11-9-19)31-22(29-23(30-31)34-13-12-33-3)17-4-6-18(7-5-17)24(25,26)27/h4-11,16,21,28,32H,12-15H2,1-3H3/t21-/m1/s1. The summed E-state index contributed by atoms with van der Waals surface area (Å²) in [6, 6.07) is 11.9. The Morgan fingerprint density at radius 1 is 1.03 bits per heavy atom. The Balaban J connectivity index is 1.80. The maximum absolute atomic E-state index is 13.0. The molecule has 190 valence electrons. The van der Waals surface area contributed by atoms with Crippen LogP contribution in [0.1, 0.15) is 19.4 Å². The highest BCUT2D eigenvalue weighted by Gasteiger charge is 2.30. The number of anilines is 1. The van der Waals surface area contributed by atoms with E-state index < -0.39 is 17.8 Å². The molecule has 0 amide bonds. The fourth-order valence-electron chi connectivity index (χ4n) is 3.06. The van der Waals surface area contributed by atoms with Crippen LogP contribution in [0.15, 0.2) is 48.5 Å². The Bertz CT molecular complexity index is 1050. The zero-order valence-electron chi connectivity index (χ0n) is 19.7. The summed E-state index contributed by atoms with van der Waals surface area (Å²) in [5, 5.41) is 17.5. The summed E-state index contributed by atoms with van der Waals surface area (Å²) < 4.78 is 56.3. The fraction of sp³-hybridized carbons (Fsp3) is 0.417. The number of methoxy groups -OCH3 is 1. The molecule has 0 saturated heterocycles. The lowest BCUT2D eigenvalue weighted by atomic mass is 10.1. The van der Waals surface area contributed by atoms with Crippen LogP contribution in [0.5, 0.6) is 6.01 Å². The van der Waals surface area contributed by atoms with Crippen molar-refractivity contribution in [2.45, 2.75) is 32.2 Å². The Morgan fingerprint density at radius 2 is 1.71 bits per heavy atom. The molecule has 3 rings (SSSR count). The number of alkyl halides is 3. The van der Waals surface area contributed by atoms with Gasteiger partial charge in [0.1, 0.15) is 6.61 Å². The predicted molar refractivity (Wildman–Crippen MR) is 125 cm³/mol. The van der Waals surface area contributed by atoms with Crippen LogP contribution in [0.4, 0.5) is 18.9 Å². The third-order valence-electron chi connectivity index (χ3n) is 4.85. The fourth-order valence-corrected chi connectivity index (χ4v) is 3.06. The molecule has 35 heavy (non-hydrogen) atoms. The van der Waals surface area contributed by atoms with E-state index in [1.807, 2.05) is 13.8 Å². The number of benzene rings is 2. The van der Waals surface area contributed by atoms with Gasteiger partial charge in [0.2, 0.25) is 0 Å². The maximum atomic E-state index is 13.0. The van der Waals surface area contributed by atoms with Crippen molar-refractivity contribution < 1.29 is 32.5 Å². The first-order valence-corrected chi connectivity index (χ1v) is 11.1. The third kappa shape index (κ3) is 7.67. The van der Waals surface area contributed by atoms with E-state index in [1.54, 1.807) is 24.3 Å². The van der Waals surface area contributed by atoms with Crippen LogP contribution >= 0.6 is 0 Å². The Morgan fingerprint density at radius 3 is 2.31 bits per heavy atom. The summed E-state index contributed by atoms with van der Waals surface area (Å²) in [7, 11) is 1.54. The number of aliphatic hydroxyl groups excluding tert-OH is 1. The molecule has 0 saturated carbocycles. The van der Waals surface area contributed by atoms with Gasteiger partial charge >= 0.3 is 12.2 Å². The van der Waals surface area contributed by atoms with Gasteiger partial charge in [-0.3, -0.25) is 0 Å². The number of halogens is 3. The Kier molecular flexibility index (Phi) is 9.07. The van der Waals surface area contributed by atoms with E-state index in [0.717, 1.165) is 17.8 Å². The van der Waals surface area contributed by atoms with Crippen LogP contribution in [-0.2, 0) is 15.7 Å². The minimum absolute atomic E-state index is 0.0360. The lowest BCUT2D eigenvalue weighted by Gasteiger charge is -2.15. The maximum Gasteiger partial charge on any atom is 0.416 e. The highest BCUT2D eigenvalue weighted by molar-refractivity contribution is 5.60. The molecule has 0 aliphatic heterocycles. The normalized spacial score (nSPS) is 12.7. The number of hydrogen-bond donors (Lipinski definition) is 2. The molecule has 0 aliphatic rings. The molecule has 0 aliphatic carbocycles. The molecule has 1 aromatic heterocycles. The van der Waals surface area contributed by atoms with Crippen molar-refractivity contribution in [3.63, 3.8) is 0 Å². The monoisotopic (exact) mass is 494 g/mol. The van der Waals surface area contributed by atoms with Crippen LogP contribution < -0.4 is 10.1 Å². The van der Waals surface area contributed by atoms with Crippen molar-refractivity contribution in [2.75, 3.05) is 38.8 Å². The van der Waals surface area contributed by atoms with Gasteiger partial charge in [-0.15, -0.1) is 5.10 Å². The second-order valence-corrected chi connectivity index (χ2v) is 8.01. The third-order valence-corrected chi connectivity index (χ3v) is 4.85. The number of rotatable bonds is 12. The summed E-state index contributed by atoms with van der Waals surface area (Å²) in [5.41, 5.74) is 1.09. The first-order chi connectivity index (χ1) is 16.7. The smallest absolute Gasteiger partial charge is 0.416 e. The van der Waals surface area contributed by atoms with Crippen LogP contribution in [0.3, 0.4) is 0 Å². The van der Waals surface area contributed by atoms with Gasteiger partial charge in [-0.25, -0.2) is 4.68 Å². The van der Waals surface area contributed by atoms with E-state index in [4.69, 9.17) is 14.2 Å². The molecule has 2 N–H and O–H groups in total. The molecule has 0 bridgehead atoms. The molecule has 1 atom stereocenters. The molecule has 2 aromatic carbocycles. The van der Waals surface area contributed by atoms with Crippen molar-refractivity contribution >= 4 is 5.69 Å². The number of aliphatic hydroxyl groups is 1. The minimum atomic E-state index is -4.43. The molecule has 1 heterocycles. The van der Waals surface area contributed by atoms with Gasteiger partial charge in [-0.2, -0.15) is 18.2 Å². The SMILES string of the molecule is COCCOc1nc(-c2ccc(C(F)(F)F)cc2)n(-c2ccc(NC[C@@H](O)COC(C)C)cc2)n1. The summed E-state index contributed by atoms with van der Waals surface area (Å²) >= 11 is 0. The number of aromatic nitrogens is 3. The largest absolute Gasteiger partial charge is 0.460 e. The average molecular weight is 495 g/mol. The molecule has 3 aromatic rings. The summed E-state index contributed by atoms with van der Waals surface area (Å²) in [4.78, 5) is 4.37. The van der Waals surface area contributed by atoms with Crippen molar-refractivity contribution in [2.24, 2.45) is 0 Å². The van der Waals surface area contributed by atoms with E-state index in [9.17, 15) is 18.3 Å². The van der Waals surface area contributed by atoms with Gasteiger partial charge < -0.3 is 24.6 Å².